The molecule has 0 aliphatic carbocycles. The van der Waals surface area contributed by atoms with Crippen molar-refractivity contribution in [2.24, 2.45) is 0 Å². The fourth-order valence-corrected chi connectivity index (χ4v) is 3.90. The molecular weight excluding hydrogens is 528 g/mol. The maximum absolute atomic E-state index is 11.7. The first-order chi connectivity index (χ1) is 9.49. The monoisotopic (exact) mass is 539 g/mol. The number of benzene rings is 2. The van der Waals surface area contributed by atoms with Crippen molar-refractivity contribution in [3.05, 3.63) is 60.7 Å². The van der Waals surface area contributed by atoms with E-state index in [0.29, 0.717) is 13.6 Å². The molecule has 1 unspecified atom stereocenters. The van der Waals surface area contributed by atoms with E-state index in [1.807, 2.05) is 75.5 Å². The molecule has 22 heavy (non-hydrogen) atoms. The van der Waals surface area contributed by atoms with Gasteiger partial charge >= 0.3 is 65.1 Å². The first kappa shape index (κ1) is 23.2. The SMILES string of the molecule is O=C(O)C(Cc1cc(I)c([O-])c(I)c1)c1ccccc1.[Na+].[Na+]. The quantitative estimate of drug-likeness (QED) is 0.343. The summed E-state index contributed by atoms with van der Waals surface area (Å²) in [6.45, 7) is 0. The van der Waals surface area contributed by atoms with E-state index in [9.17, 15) is 15.0 Å². The molecular formula is C15H11I2Na2O3+. The van der Waals surface area contributed by atoms with E-state index >= 15 is 0 Å². The molecule has 0 heterocycles. The average molecular weight is 539 g/mol. The summed E-state index contributed by atoms with van der Waals surface area (Å²) in [5.41, 5.74) is 1.64. The van der Waals surface area contributed by atoms with Crippen LogP contribution in [-0.2, 0) is 11.2 Å². The van der Waals surface area contributed by atoms with Gasteiger partial charge in [-0.15, -0.1) is 0 Å². The molecule has 104 valence electrons. The molecule has 0 aliphatic heterocycles. The van der Waals surface area contributed by atoms with Gasteiger partial charge in [0, 0.05) is 7.14 Å². The number of carboxylic acids is 1. The van der Waals surface area contributed by atoms with E-state index in [4.69, 9.17) is 0 Å². The van der Waals surface area contributed by atoms with Crippen molar-refractivity contribution < 1.29 is 74.1 Å². The molecule has 0 amide bonds. The van der Waals surface area contributed by atoms with Gasteiger partial charge in [-0.1, -0.05) is 36.1 Å². The second-order valence-electron chi connectivity index (χ2n) is 4.39. The third-order valence-corrected chi connectivity index (χ3v) is 4.60. The minimum Gasteiger partial charge on any atom is -0.871 e. The third kappa shape index (κ3) is 6.23. The zero-order valence-corrected chi connectivity index (χ0v) is 20.7. The second-order valence-corrected chi connectivity index (χ2v) is 6.72. The molecule has 0 spiro atoms. The van der Waals surface area contributed by atoms with Crippen LogP contribution in [0, 0.1) is 7.14 Å². The van der Waals surface area contributed by atoms with Gasteiger partial charge in [0.05, 0.1) is 5.92 Å². The Hall–Kier alpha value is 1.17. The van der Waals surface area contributed by atoms with Crippen molar-refractivity contribution in [3.63, 3.8) is 0 Å². The Labute approximate surface area is 201 Å². The molecule has 0 bridgehead atoms. The minimum absolute atomic E-state index is 0. The first-order valence-corrected chi connectivity index (χ1v) is 8.07. The van der Waals surface area contributed by atoms with Crippen LogP contribution in [0.1, 0.15) is 17.0 Å². The van der Waals surface area contributed by atoms with Crippen molar-refractivity contribution in [2.45, 2.75) is 12.3 Å². The smallest absolute Gasteiger partial charge is 0.871 e. The Morgan fingerprint density at radius 3 is 2.05 bits per heavy atom. The maximum atomic E-state index is 11.7. The molecule has 1 atom stereocenters. The number of hydrogen-bond acceptors (Lipinski definition) is 2. The van der Waals surface area contributed by atoms with Crippen molar-refractivity contribution >= 4 is 51.2 Å². The first-order valence-electron chi connectivity index (χ1n) is 5.91. The molecule has 2 rings (SSSR count). The molecule has 1 N–H and O–H groups in total. The molecule has 0 aromatic heterocycles. The summed E-state index contributed by atoms with van der Waals surface area (Å²) < 4.78 is 1.25. The van der Waals surface area contributed by atoms with E-state index in [1.165, 1.54) is 0 Å². The van der Waals surface area contributed by atoms with E-state index in [1.54, 1.807) is 12.1 Å². The van der Waals surface area contributed by atoms with Gasteiger partial charge in [0.15, 0.2) is 0 Å². The number of aliphatic carboxylic acids is 1. The van der Waals surface area contributed by atoms with Crippen LogP contribution in [-0.4, -0.2) is 11.1 Å². The molecule has 7 heteroatoms. The van der Waals surface area contributed by atoms with Crippen molar-refractivity contribution in [2.75, 3.05) is 0 Å². The number of rotatable bonds is 4. The number of carboxylic acid groups (broad SMARTS) is 1. The summed E-state index contributed by atoms with van der Waals surface area (Å²) in [7, 11) is 0. The predicted octanol–water partition coefficient (Wildman–Crippen LogP) is -2.61. The van der Waals surface area contributed by atoms with E-state index < -0.39 is 11.9 Å². The standard InChI is InChI=1S/C15H12I2O3.2Na/c16-12-7-9(8-13(17)14(12)18)6-11(15(19)20)10-4-2-1-3-5-10;;/h1-5,7-8,11,18H,6H2,(H,19,20);;/q;2*+1/p-1. The van der Waals surface area contributed by atoms with Crippen LogP contribution in [0.5, 0.6) is 5.75 Å². The van der Waals surface area contributed by atoms with Crippen molar-refractivity contribution in [1.29, 1.82) is 0 Å². The van der Waals surface area contributed by atoms with E-state index in [2.05, 4.69) is 0 Å². The number of carbonyl (C=O) groups is 1. The van der Waals surface area contributed by atoms with Gasteiger partial charge in [0.1, 0.15) is 0 Å². The summed E-state index contributed by atoms with van der Waals surface area (Å²) in [6, 6.07) is 12.7. The van der Waals surface area contributed by atoms with Gasteiger partial charge < -0.3 is 10.2 Å². The van der Waals surface area contributed by atoms with Gasteiger partial charge in [-0.2, -0.15) is 0 Å². The fourth-order valence-electron chi connectivity index (χ4n) is 2.00. The van der Waals surface area contributed by atoms with Crippen LogP contribution >= 0.6 is 45.2 Å². The van der Waals surface area contributed by atoms with Gasteiger partial charge in [-0.3, -0.25) is 4.79 Å². The summed E-state index contributed by atoms with van der Waals surface area (Å²) in [6.07, 6.45) is 0.381. The summed E-state index contributed by atoms with van der Waals surface area (Å²) in [5.74, 6) is -1.45. The molecule has 0 aliphatic rings. The predicted molar refractivity (Wildman–Crippen MR) is 91.8 cm³/mol. The average Bonchev–Trinajstić information content (AvgIpc) is 2.42. The molecule has 0 saturated carbocycles. The molecule has 2 aromatic carbocycles. The molecule has 0 fully saturated rings. The fraction of sp³-hybridized carbons (Fsp3) is 0.133. The van der Waals surface area contributed by atoms with Gasteiger partial charge in [-0.05, 0) is 74.9 Å². The van der Waals surface area contributed by atoms with E-state index in [-0.39, 0.29) is 64.9 Å². The Morgan fingerprint density at radius 1 is 1.09 bits per heavy atom. The molecule has 2 aromatic rings. The Kier molecular flexibility index (Phi) is 11.5. The van der Waals surface area contributed by atoms with Crippen LogP contribution in [0.3, 0.4) is 0 Å². The second kappa shape index (κ2) is 10.9. The van der Waals surface area contributed by atoms with Gasteiger partial charge in [-0.25, -0.2) is 0 Å². The van der Waals surface area contributed by atoms with Crippen LogP contribution < -0.4 is 64.2 Å². The Morgan fingerprint density at radius 2 is 1.59 bits per heavy atom. The largest absolute Gasteiger partial charge is 1.00 e. The molecule has 0 saturated heterocycles. The van der Waals surface area contributed by atoms with Gasteiger partial charge in [0.2, 0.25) is 0 Å². The van der Waals surface area contributed by atoms with Crippen molar-refractivity contribution in [3.8, 4) is 5.75 Å². The summed E-state index contributed by atoms with van der Waals surface area (Å²) >= 11 is 3.98. The Balaban J connectivity index is 0.00000220. The van der Waals surface area contributed by atoms with Gasteiger partial charge in [0.25, 0.3) is 0 Å². The van der Waals surface area contributed by atoms with Crippen LogP contribution in [0.2, 0.25) is 0 Å². The summed E-state index contributed by atoms with van der Waals surface area (Å²) in [4.78, 5) is 11.5. The molecule has 3 nitrogen and oxygen atoms in total. The molecule has 0 radical (unpaired) electrons. The minimum atomic E-state index is -0.854. The van der Waals surface area contributed by atoms with Crippen LogP contribution in [0.4, 0.5) is 0 Å². The Bertz CT molecular complexity index is 613. The topological polar surface area (TPSA) is 60.4 Å². The van der Waals surface area contributed by atoms with E-state index in [0.717, 1.165) is 11.1 Å². The zero-order valence-electron chi connectivity index (χ0n) is 12.3. The maximum Gasteiger partial charge on any atom is 1.00 e. The third-order valence-electron chi connectivity index (χ3n) is 3.00. The summed E-state index contributed by atoms with van der Waals surface area (Å²) in [5, 5.41) is 21.1. The zero-order chi connectivity index (χ0) is 14.7. The number of halogens is 2. The van der Waals surface area contributed by atoms with Crippen LogP contribution in [0.25, 0.3) is 0 Å². The normalized spacial score (nSPS) is 11.0. The number of hydrogen-bond donors (Lipinski definition) is 1. The van der Waals surface area contributed by atoms with Crippen molar-refractivity contribution in [1.82, 2.24) is 0 Å². The van der Waals surface area contributed by atoms with Crippen LogP contribution in [0.15, 0.2) is 42.5 Å².